The summed E-state index contributed by atoms with van der Waals surface area (Å²) >= 11 is 0. The molecule has 0 amide bonds. The van der Waals surface area contributed by atoms with Crippen LogP contribution in [0.3, 0.4) is 0 Å². The van der Waals surface area contributed by atoms with E-state index in [4.69, 9.17) is 4.52 Å². The molecule has 0 saturated carbocycles. The molecule has 3 aromatic rings. The Morgan fingerprint density at radius 3 is 2.59 bits per heavy atom. The van der Waals surface area contributed by atoms with E-state index in [1.54, 1.807) is 6.07 Å². The van der Waals surface area contributed by atoms with E-state index >= 15 is 0 Å². The molecule has 2 N–H and O–H groups in total. The second kappa shape index (κ2) is 7.73. The number of nitrogens with zero attached hydrogens (tertiary/aromatic N) is 4. The standard InChI is InChI=1S/C18H24N6O4S/c1-12(2)9-17-21-16(22-28-17)11-23-5-7-24(8-6-23)29(26,27)13-3-4-14-15(10-13)20-18(25)19-14/h3-4,10,12H,5-9,11H2,1-2H3,(H2,19,20,25). The summed E-state index contributed by atoms with van der Waals surface area (Å²) in [5, 5.41) is 4.02. The average Bonchev–Trinajstić information content (AvgIpc) is 3.26. The Bertz CT molecular complexity index is 1150. The van der Waals surface area contributed by atoms with Gasteiger partial charge in [0.2, 0.25) is 15.9 Å². The number of aromatic amines is 2. The second-order valence-corrected chi connectivity index (χ2v) is 9.61. The number of fused-ring (bicyclic) bond motifs is 1. The van der Waals surface area contributed by atoms with Crippen LogP contribution in [0.25, 0.3) is 11.0 Å². The number of hydrogen-bond donors (Lipinski definition) is 2. The molecule has 2 aromatic heterocycles. The average molecular weight is 420 g/mol. The van der Waals surface area contributed by atoms with Gasteiger partial charge in [0.25, 0.3) is 0 Å². The molecule has 0 atom stereocenters. The third kappa shape index (κ3) is 4.26. The van der Waals surface area contributed by atoms with Crippen molar-refractivity contribution in [1.29, 1.82) is 0 Å². The normalized spacial score (nSPS) is 16.8. The highest BCUT2D eigenvalue weighted by Crippen LogP contribution is 2.21. The molecule has 0 radical (unpaired) electrons. The van der Waals surface area contributed by atoms with Crippen LogP contribution in [0.4, 0.5) is 0 Å². The van der Waals surface area contributed by atoms with Crippen LogP contribution in [0.1, 0.15) is 25.6 Å². The predicted octanol–water partition coefficient (Wildman–Crippen LogP) is 0.944. The van der Waals surface area contributed by atoms with Gasteiger partial charge in [0.05, 0.1) is 22.5 Å². The molecule has 3 heterocycles. The molecule has 1 aliphatic heterocycles. The molecule has 4 rings (SSSR count). The Labute approximate surface area is 168 Å². The molecule has 1 fully saturated rings. The number of imidazole rings is 1. The molecule has 0 aliphatic carbocycles. The number of H-pyrrole nitrogens is 2. The fraction of sp³-hybridized carbons (Fsp3) is 0.500. The van der Waals surface area contributed by atoms with Crippen molar-refractivity contribution in [2.45, 2.75) is 31.7 Å². The summed E-state index contributed by atoms with van der Waals surface area (Å²) in [5.41, 5.74) is 0.695. The van der Waals surface area contributed by atoms with E-state index in [9.17, 15) is 13.2 Å². The van der Waals surface area contributed by atoms with Crippen LogP contribution in [-0.2, 0) is 23.0 Å². The van der Waals surface area contributed by atoms with E-state index in [2.05, 4.69) is 38.9 Å². The number of nitrogens with one attached hydrogen (secondary N) is 2. The Morgan fingerprint density at radius 1 is 1.14 bits per heavy atom. The lowest BCUT2D eigenvalue weighted by Gasteiger charge is -2.33. The van der Waals surface area contributed by atoms with Crippen molar-refractivity contribution in [2.75, 3.05) is 26.2 Å². The van der Waals surface area contributed by atoms with Crippen molar-refractivity contribution < 1.29 is 12.9 Å². The van der Waals surface area contributed by atoms with Crippen molar-refractivity contribution in [3.8, 4) is 0 Å². The first-order valence-electron chi connectivity index (χ1n) is 9.57. The molecular weight excluding hydrogens is 396 g/mol. The highest BCUT2D eigenvalue weighted by molar-refractivity contribution is 7.89. The van der Waals surface area contributed by atoms with Crippen LogP contribution in [-0.4, -0.2) is 63.9 Å². The van der Waals surface area contributed by atoms with Gasteiger partial charge in [0, 0.05) is 32.6 Å². The summed E-state index contributed by atoms with van der Waals surface area (Å²) in [4.78, 5) is 23.3. The van der Waals surface area contributed by atoms with Gasteiger partial charge in [-0.2, -0.15) is 9.29 Å². The van der Waals surface area contributed by atoms with Gasteiger partial charge in [-0.3, -0.25) is 4.90 Å². The first-order valence-corrected chi connectivity index (χ1v) is 11.0. The number of sulfonamides is 1. The SMILES string of the molecule is CC(C)Cc1nc(CN2CCN(S(=O)(=O)c3ccc4[nH]c(=O)[nH]c4c3)CC2)no1. The monoisotopic (exact) mass is 420 g/mol. The van der Waals surface area contributed by atoms with Crippen LogP contribution in [0.5, 0.6) is 0 Å². The quantitative estimate of drug-likeness (QED) is 0.607. The number of rotatable bonds is 6. The van der Waals surface area contributed by atoms with Crippen LogP contribution in [0.15, 0.2) is 32.4 Å². The van der Waals surface area contributed by atoms with Crippen molar-refractivity contribution in [2.24, 2.45) is 5.92 Å². The van der Waals surface area contributed by atoms with E-state index in [1.807, 2.05) is 0 Å². The molecule has 1 aliphatic rings. The van der Waals surface area contributed by atoms with E-state index in [0.717, 1.165) is 6.42 Å². The lowest BCUT2D eigenvalue weighted by molar-refractivity contribution is 0.176. The first kappa shape index (κ1) is 19.8. The third-order valence-corrected chi connectivity index (χ3v) is 6.81. The summed E-state index contributed by atoms with van der Waals surface area (Å²) in [6, 6.07) is 4.61. The Balaban J connectivity index is 1.40. The van der Waals surface area contributed by atoms with Crippen molar-refractivity contribution in [3.63, 3.8) is 0 Å². The van der Waals surface area contributed by atoms with Gasteiger partial charge < -0.3 is 14.5 Å². The summed E-state index contributed by atoms with van der Waals surface area (Å²) < 4.78 is 32.7. The number of benzene rings is 1. The third-order valence-electron chi connectivity index (χ3n) is 4.91. The minimum absolute atomic E-state index is 0.171. The van der Waals surface area contributed by atoms with Crippen LogP contribution >= 0.6 is 0 Å². The number of aromatic nitrogens is 4. The van der Waals surface area contributed by atoms with Crippen LogP contribution in [0, 0.1) is 5.92 Å². The Hall–Kier alpha value is -2.50. The smallest absolute Gasteiger partial charge is 0.323 e. The highest BCUT2D eigenvalue weighted by atomic mass is 32.2. The Kier molecular flexibility index (Phi) is 5.28. The molecule has 1 saturated heterocycles. The molecule has 0 spiro atoms. The van der Waals surface area contributed by atoms with Crippen molar-refractivity contribution in [1.82, 2.24) is 29.3 Å². The fourth-order valence-corrected chi connectivity index (χ4v) is 4.88. The van der Waals surface area contributed by atoms with E-state index < -0.39 is 10.0 Å². The van der Waals surface area contributed by atoms with E-state index in [0.29, 0.717) is 61.4 Å². The lowest BCUT2D eigenvalue weighted by Crippen LogP contribution is -2.48. The molecule has 1 aromatic carbocycles. The molecule has 0 bridgehead atoms. The van der Waals surface area contributed by atoms with Gasteiger partial charge in [-0.05, 0) is 24.1 Å². The lowest BCUT2D eigenvalue weighted by atomic mass is 10.1. The minimum Gasteiger partial charge on any atom is -0.339 e. The molecular formula is C18H24N6O4S. The fourth-order valence-electron chi connectivity index (χ4n) is 3.44. The van der Waals surface area contributed by atoms with Gasteiger partial charge in [0.15, 0.2) is 5.82 Å². The van der Waals surface area contributed by atoms with Crippen LogP contribution in [0.2, 0.25) is 0 Å². The van der Waals surface area contributed by atoms with Gasteiger partial charge in [0.1, 0.15) is 0 Å². The zero-order chi connectivity index (χ0) is 20.6. The van der Waals surface area contributed by atoms with Crippen molar-refractivity contribution in [3.05, 3.63) is 40.4 Å². The molecule has 0 unspecified atom stereocenters. The summed E-state index contributed by atoms with van der Waals surface area (Å²) in [7, 11) is -3.63. The largest absolute Gasteiger partial charge is 0.339 e. The first-order chi connectivity index (χ1) is 13.8. The maximum absolute atomic E-state index is 13.0. The maximum atomic E-state index is 13.0. The zero-order valence-corrected chi connectivity index (χ0v) is 17.2. The summed E-state index contributed by atoms with van der Waals surface area (Å²) in [6.45, 7) is 6.63. The number of piperazine rings is 1. The van der Waals surface area contributed by atoms with Crippen LogP contribution < -0.4 is 5.69 Å². The Morgan fingerprint density at radius 2 is 1.86 bits per heavy atom. The topological polar surface area (TPSA) is 128 Å². The molecule has 11 heteroatoms. The van der Waals surface area contributed by atoms with Gasteiger partial charge >= 0.3 is 5.69 Å². The van der Waals surface area contributed by atoms with E-state index in [-0.39, 0.29) is 10.6 Å². The molecule has 10 nitrogen and oxygen atoms in total. The van der Waals surface area contributed by atoms with Gasteiger partial charge in [-0.1, -0.05) is 19.0 Å². The van der Waals surface area contributed by atoms with Gasteiger partial charge in [-0.25, -0.2) is 13.2 Å². The van der Waals surface area contributed by atoms with Gasteiger partial charge in [-0.15, -0.1) is 0 Å². The zero-order valence-electron chi connectivity index (χ0n) is 16.4. The summed E-state index contributed by atoms with van der Waals surface area (Å²) in [6.07, 6.45) is 0.746. The summed E-state index contributed by atoms with van der Waals surface area (Å²) in [5.74, 6) is 1.70. The highest BCUT2D eigenvalue weighted by Gasteiger charge is 2.29. The number of hydrogen-bond acceptors (Lipinski definition) is 7. The second-order valence-electron chi connectivity index (χ2n) is 7.67. The maximum Gasteiger partial charge on any atom is 0.323 e. The predicted molar refractivity (Wildman–Crippen MR) is 106 cm³/mol. The molecule has 156 valence electrons. The van der Waals surface area contributed by atoms with Crippen molar-refractivity contribution >= 4 is 21.1 Å². The van der Waals surface area contributed by atoms with E-state index in [1.165, 1.54) is 16.4 Å². The minimum atomic E-state index is -3.63. The molecule has 29 heavy (non-hydrogen) atoms.